The van der Waals surface area contributed by atoms with Gasteiger partial charge in [0.15, 0.2) is 0 Å². The fraction of sp³-hybridized carbons (Fsp3) is 0.438. The van der Waals surface area contributed by atoms with E-state index in [4.69, 9.17) is 4.74 Å². The van der Waals surface area contributed by atoms with E-state index in [1.165, 1.54) is 16.0 Å². The average molecular weight is 293 g/mol. The van der Waals surface area contributed by atoms with Crippen molar-refractivity contribution < 1.29 is 9.53 Å². The van der Waals surface area contributed by atoms with Crippen LogP contribution >= 0.6 is 11.8 Å². The molecule has 0 radical (unpaired) electrons. The Balaban J connectivity index is 2.23. The zero-order valence-electron chi connectivity index (χ0n) is 12.5. The van der Waals surface area contributed by atoms with Crippen LogP contribution in [0, 0.1) is 13.8 Å². The van der Waals surface area contributed by atoms with Crippen LogP contribution in [-0.2, 0) is 9.53 Å². The van der Waals surface area contributed by atoms with Crippen molar-refractivity contribution in [3.8, 4) is 0 Å². The Morgan fingerprint density at radius 2 is 2.15 bits per heavy atom. The first-order chi connectivity index (χ1) is 9.49. The summed E-state index contributed by atoms with van der Waals surface area (Å²) in [6.07, 6.45) is 0. The molecule has 0 aliphatic heterocycles. The first-order valence-corrected chi connectivity index (χ1v) is 7.66. The normalized spacial score (nSPS) is 10.3. The van der Waals surface area contributed by atoms with Gasteiger partial charge in [-0.2, -0.15) is 0 Å². The molecule has 0 saturated carbocycles. The highest BCUT2D eigenvalue weighted by Crippen LogP contribution is 2.23. The van der Waals surface area contributed by atoms with Crippen molar-refractivity contribution in [2.75, 3.05) is 25.5 Å². The number of carbonyl (C=O) groups is 1. The molecular weight excluding hydrogens is 270 g/mol. The highest BCUT2D eigenvalue weighted by Gasteiger charge is 2.04. The van der Waals surface area contributed by atoms with Gasteiger partial charge in [-0.25, -0.2) is 0 Å². The molecule has 0 atom stereocenters. The van der Waals surface area contributed by atoms with Gasteiger partial charge in [0.1, 0.15) is 0 Å². The summed E-state index contributed by atoms with van der Waals surface area (Å²) < 4.78 is 5.32. The number of hydrogen-bond acceptors (Lipinski definition) is 3. The number of benzene rings is 1. The SMILES string of the molecule is C=C(C)COCCNC(=O)CSc1cc(C)ccc1C. The second-order valence-electron chi connectivity index (χ2n) is 4.92. The number of aryl methyl sites for hydroxylation is 2. The van der Waals surface area contributed by atoms with Crippen LogP contribution < -0.4 is 5.32 Å². The van der Waals surface area contributed by atoms with E-state index in [0.717, 1.165) is 5.57 Å². The van der Waals surface area contributed by atoms with Gasteiger partial charge in [-0.3, -0.25) is 4.79 Å². The smallest absolute Gasteiger partial charge is 0.230 e. The topological polar surface area (TPSA) is 38.3 Å². The predicted octanol–water partition coefficient (Wildman–Crippen LogP) is 3.10. The lowest BCUT2D eigenvalue weighted by Gasteiger charge is -2.08. The van der Waals surface area contributed by atoms with Crippen molar-refractivity contribution in [1.29, 1.82) is 0 Å². The first-order valence-electron chi connectivity index (χ1n) is 6.68. The maximum absolute atomic E-state index is 11.7. The molecule has 4 heteroatoms. The van der Waals surface area contributed by atoms with Crippen molar-refractivity contribution in [3.05, 3.63) is 41.5 Å². The Labute approximate surface area is 125 Å². The molecule has 0 aromatic heterocycles. The molecule has 0 spiro atoms. The molecule has 0 heterocycles. The highest BCUT2D eigenvalue weighted by molar-refractivity contribution is 8.00. The number of hydrogen-bond donors (Lipinski definition) is 1. The zero-order valence-corrected chi connectivity index (χ0v) is 13.3. The molecule has 0 unspecified atom stereocenters. The molecule has 0 saturated heterocycles. The molecular formula is C16H23NO2S. The molecule has 110 valence electrons. The van der Waals surface area contributed by atoms with E-state index >= 15 is 0 Å². The number of carbonyl (C=O) groups excluding carboxylic acids is 1. The van der Waals surface area contributed by atoms with Crippen LogP contribution in [0.2, 0.25) is 0 Å². The minimum Gasteiger partial charge on any atom is -0.375 e. The van der Waals surface area contributed by atoms with Crippen LogP contribution in [0.4, 0.5) is 0 Å². The third kappa shape index (κ3) is 6.78. The molecule has 1 amide bonds. The van der Waals surface area contributed by atoms with Gasteiger partial charge in [0.2, 0.25) is 5.91 Å². The molecule has 1 rings (SSSR count). The largest absolute Gasteiger partial charge is 0.375 e. The van der Waals surface area contributed by atoms with Crippen LogP contribution in [0.3, 0.4) is 0 Å². The number of amides is 1. The van der Waals surface area contributed by atoms with Gasteiger partial charge in [0.25, 0.3) is 0 Å². The summed E-state index contributed by atoms with van der Waals surface area (Å²) in [5.74, 6) is 0.472. The summed E-state index contributed by atoms with van der Waals surface area (Å²) in [6.45, 7) is 11.4. The molecule has 1 aromatic rings. The minimum absolute atomic E-state index is 0.0369. The van der Waals surface area contributed by atoms with E-state index < -0.39 is 0 Å². The molecule has 0 aliphatic carbocycles. The maximum atomic E-state index is 11.7. The number of rotatable bonds is 8. The Morgan fingerprint density at radius 1 is 1.40 bits per heavy atom. The van der Waals surface area contributed by atoms with Crippen molar-refractivity contribution >= 4 is 17.7 Å². The Bertz CT molecular complexity index is 472. The quantitative estimate of drug-likeness (QED) is 0.455. The van der Waals surface area contributed by atoms with E-state index in [1.807, 2.05) is 6.92 Å². The van der Waals surface area contributed by atoms with E-state index in [0.29, 0.717) is 25.5 Å². The van der Waals surface area contributed by atoms with Crippen LogP contribution in [-0.4, -0.2) is 31.4 Å². The molecule has 0 bridgehead atoms. The van der Waals surface area contributed by atoms with Crippen LogP contribution in [0.25, 0.3) is 0 Å². The van der Waals surface area contributed by atoms with Crippen LogP contribution in [0.15, 0.2) is 35.2 Å². The van der Waals surface area contributed by atoms with Crippen molar-refractivity contribution in [2.45, 2.75) is 25.7 Å². The lowest BCUT2D eigenvalue weighted by atomic mass is 10.2. The van der Waals surface area contributed by atoms with Crippen molar-refractivity contribution in [1.82, 2.24) is 5.32 Å². The lowest BCUT2D eigenvalue weighted by Crippen LogP contribution is -2.28. The number of nitrogens with one attached hydrogen (secondary N) is 1. The van der Waals surface area contributed by atoms with Crippen molar-refractivity contribution in [3.63, 3.8) is 0 Å². The van der Waals surface area contributed by atoms with E-state index in [2.05, 4.69) is 43.9 Å². The number of ether oxygens (including phenoxy) is 1. The molecule has 20 heavy (non-hydrogen) atoms. The van der Waals surface area contributed by atoms with E-state index in [-0.39, 0.29) is 5.91 Å². The van der Waals surface area contributed by atoms with Gasteiger partial charge in [0, 0.05) is 11.4 Å². The lowest BCUT2D eigenvalue weighted by molar-refractivity contribution is -0.118. The van der Waals surface area contributed by atoms with Gasteiger partial charge in [-0.1, -0.05) is 29.8 Å². The number of thioether (sulfide) groups is 1. The summed E-state index contributed by atoms with van der Waals surface area (Å²) in [6, 6.07) is 6.28. The first kappa shape index (κ1) is 16.8. The zero-order chi connectivity index (χ0) is 15.0. The minimum atomic E-state index is 0.0369. The molecule has 0 fully saturated rings. The molecule has 0 aliphatic rings. The monoisotopic (exact) mass is 293 g/mol. The predicted molar refractivity (Wildman–Crippen MR) is 85.3 cm³/mol. The Morgan fingerprint density at radius 3 is 2.85 bits per heavy atom. The van der Waals surface area contributed by atoms with Gasteiger partial charge in [0.05, 0.1) is 19.0 Å². The van der Waals surface area contributed by atoms with Crippen molar-refractivity contribution in [2.24, 2.45) is 0 Å². The second-order valence-corrected chi connectivity index (χ2v) is 5.93. The standard InChI is InChI=1S/C16H23NO2S/c1-12(2)10-19-8-7-17-16(18)11-20-15-9-13(3)5-6-14(15)4/h5-6,9H,1,7-8,10-11H2,2-4H3,(H,17,18). The molecule has 1 aromatic carbocycles. The second kappa shape index (κ2) is 8.82. The van der Waals surface area contributed by atoms with Crippen LogP contribution in [0.1, 0.15) is 18.1 Å². The average Bonchev–Trinajstić information content (AvgIpc) is 2.39. The van der Waals surface area contributed by atoms with E-state index in [1.54, 1.807) is 11.8 Å². The third-order valence-electron chi connectivity index (χ3n) is 2.62. The molecule has 3 nitrogen and oxygen atoms in total. The Hall–Kier alpha value is -1.26. The molecule has 1 N–H and O–H groups in total. The summed E-state index contributed by atoms with van der Waals surface area (Å²) in [5, 5.41) is 2.85. The van der Waals surface area contributed by atoms with Gasteiger partial charge >= 0.3 is 0 Å². The fourth-order valence-electron chi connectivity index (χ4n) is 1.57. The summed E-state index contributed by atoms with van der Waals surface area (Å²) in [4.78, 5) is 12.9. The van der Waals surface area contributed by atoms with Gasteiger partial charge in [-0.15, -0.1) is 11.8 Å². The summed E-state index contributed by atoms with van der Waals surface area (Å²) in [7, 11) is 0. The summed E-state index contributed by atoms with van der Waals surface area (Å²) >= 11 is 1.57. The highest BCUT2D eigenvalue weighted by atomic mass is 32.2. The van der Waals surface area contributed by atoms with Crippen LogP contribution in [0.5, 0.6) is 0 Å². The maximum Gasteiger partial charge on any atom is 0.230 e. The third-order valence-corrected chi connectivity index (χ3v) is 3.78. The summed E-state index contributed by atoms with van der Waals surface area (Å²) in [5.41, 5.74) is 3.41. The van der Waals surface area contributed by atoms with Gasteiger partial charge in [-0.05, 0) is 32.4 Å². The Kier molecular flexibility index (Phi) is 7.41. The fourth-order valence-corrected chi connectivity index (χ4v) is 2.52. The van der Waals surface area contributed by atoms with E-state index in [9.17, 15) is 4.79 Å². The van der Waals surface area contributed by atoms with Gasteiger partial charge < -0.3 is 10.1 Å².